The highest BCUT2D eigenvalue weighted by molar-refractivity contribution is 5.70. The summed E-state index contributed by atoms with van der Waals surface area (Å²) >= 11 is 0. The number of halogens is 3. The maximum atomic E-state index is 12.5. The van der Waals surface area contributed by atoms with Crippen molar-refractivity contribution >= 4 is 5.97 Å². The minimum atomic E-state index is -4.40. The maximum absolute atomic E-state index is 12.5. The number of carboxylic acid groups (broad SMARTS) is 1. The molecule has 1 rings (SSSR count). The Hall–Kier alpha value is -0.780. The minimum absolute atomic E-state index is 0.0516. The Morgan fingerprint density at radius 3 is 2.40 bits per heavy atom. The van der Waals surface area contributed by atoms with E-state index in [1.807, 2.05) is 0 Å². The molecule has 0 heterocycles. The van der Waals surface area contributed by atoms with Gasteiger partial charge in [0.1, 0.15) is 0 Å². The van der Waals surface area contributed by atoms with Gasteiger partial charge in [0.15, 0.2) is 0 Å². The topological polar surface area (TPSA) is 49.3 Å². The maximum Gasteiger partial charge on any atom is 0.392 e. The van der Waals surface area contributed by atoms with E-state index in [1.165, 1.54) is 0 Å². The van der Waals surface area contributed by atoms with Crippen LogP contribution < -0.4 is 5.32 Å². The van der Waals surface area contributed by atoms with Gasteiger partial charge in [-0.1, -0.05) is 0 Å². The van der Waals surface area contributed by atoms with E-state index < -0.39 is 24.0 Å². The number of carboxylic acids is 1. The number of carbonyl (C=O) groups is 1. The van der Waals surface area contributed by atoms with Crippen molar-refractivity contribution in [1.82, 2.24) is 5.32 Å². The molecular weight excluding hydrogens is 211 g/mol. The molecule has 0 aromatic heterocycles. The van der Waals surface area contributed by atoms with E-state index in [0.717, 1.165) is 0 Å². The number of aliphatic carboxylic acids is 1. The summed E-state index contributed by atoms with van der Waals surface area (Å²) in [5, 5.41) is 11.6. The first-order valence-corrected chi connectivity index (χ1v) is 4.83. The monoisotopic (exact) mass is 225 g/mol. The van der Waals surface area contributed by atoms with Crippen molar-refractivity contribution in [2.75, 3.05) is 7.05 Å². The van der Waals surface area contributed by atoms with Gasteiger partial charge in [-0.25, -0.2) is 0 Å². The van der Waals surface area contributed by atoms with Crippen LogP contribution in [0.2, 0.25) is 0 Å². The molecule has 88 valence electrons. The molecule has 1 fully saturated rings. The lowest BCUT2D eigenvalue weighted by Crippen LogP contribution is -2.44. The van der Waals surface area contributed by atoms with Crippen LogP contribution in [0.5, 0.6) is 0 Å². The first-order valence-electron chi connectivity index (χ1n) is 4.83. The summed E-state index contributed by atoms with van der Waals surface area (Å²) in [5.74, 6) is -4.35. The van der Waals surface area contributed by atoms with Crippen LogP contribution in [0, 0.1) is 11.8 Å². The van der Waals surface area contributed by atoms with E-state index in [1.54, 1.807) is 7.05 Å². The predicted molar refractivity (Wildman–Crippen MR) is 47.4 cm³/mol. The normalized spacial score (nSPS) is 32.7. The first-order chi connectivity index (χ1) is 6.86. The fraction of sp³-hybridized carbons (Fsp3) is 0.889. The number of nitrogens with one attached hydrogen (secondary N) is 1. The van der Waals surface area contributed by atoms with Crippen LogP contribution in [0.25, 0.3) is 0 Å². The Bertz CT molecular complexity index is 242. The van der Waals surface area contributed by atoms with Crippen LogP contribution in [0.1, 0.15) is 19.3 Å². The summed E-state index contributed by atoms with van der Waals surface area (Å²) < 4.78 is 37.5. The molecule has 1 aliphatic carbocycles. The minimum Gasteiger partial charge on any atom is -0.481 e. The second-order valence-corrected chi connectivity index (χ2v) is 3.89. The molecule has 1 saturated carbocycles. The van der Waals surface area contributed by atoms with Crippen LogP contribution >= 0.6 is 0 Å². The molecule has 0 amide bonds. The number of alkyl halides is 3. The van der Waals surface area contributed by atoms with Gasteiger partial charge in [0.2, 0.25) is 0 Å². The van der Waals surface area contributed by atoms with Crippen molar-refractivity contribution in [3.63, 3.8) is 0 Å². The van der Waals surface area contributed by atoms with Crippen molar-refractivity contribution in [2.24, 2.45) is 11.8 Å². The molecule has 2 N–H and O–H groups in total. The van der Waals surface area contributed by atoms with Gasteiger partial charge >= 0.3 is 12.1 Å². The van der Waals surface area contributed by atoms with E-state index in [0.29, 0.717) is 6.42 Å². The smallest absolute Gasteiger partial charge is 0.392 e. The lowest BCUT2D eigenvalue weighted by Gasteiger charge is -2.34. The highest BCUT2D eigenvalue weighted by atomic mass is 19.4. The second-order valence-electron chi connectivity index (χ2n) is 3.89. The standard InChI is InChI=1S/C9H14F3NO2/c1-13-5-2-3-7(9(10,11)12)6(4-5)8(14)15/h5-7,13H,2-4H2,1H3,(H,14,15). The molecule has 0 spiro atoms. The predicted octanol–water partition coefficient (Wildman–Crippen LogP) is 1.64. The fourth-order valence-electron chi connectivity index (χ4n) is 2.10. The quantitative estimate of drug-likeness (QED) is 0.751. The molecule has 0 bridgehead atoms. The Labute approximate surface area is 85.7 Å². The van der Waals surface area contributed by atoms with Gasteiger partial charge in [-0.15, -0.1) is 0 Å². The van der Waals surface area contributed by atoms with Crippen molar-refractivity contribution in [3.8, 4) is 0 Å². The van der Waals surface area contributed by atoms with Gasteiger partial charge in [-0.05, 0) is 26.3 Å². The van der Waals surface area contributed by atoms with Gasteiger partial charge in [0, 0.05) is 6.04 Å². The summed E-state index contributed by atoms with van der Waals surface area (Å²) in [6.45, 7) is 0. The molecular formula is C9H14F3NO2. The van der Waals surface area contributed by atoms with Crippen LogP contribution in [0.3, 0.4) is 0 Å². The van der Waals surface area contributed by atoms with Crippen LogP contribution in [-0.4, -0.2) is 30.3 Å². The molecule has 15 heavy (non-hydrogen) atoms. The second kappa shape index (κ2) is 4.38. The van der Waals surface area contributed by atoms with Crippen molar-refractivity contribution in [3.05, 3.63) is 0 Å². The van der Waals surface area contributed by atoms with Crippen LogP contribution in [-0.2, 0) is 4.79 Å². The lowest BCUT2D eigenvalue weighted by molar-refractivity contribution is -0.204. The van der Waals surface area contributed by atoms with E-state index in [2.05, 4.69) is 5.32 Å². The van der Waals surface area contributed by atoms with Gasteiger partial charge < -0.3 is 10.4 Å². The lowest BCUT2D eigenvalue weighted by atomic mass is 9.76. The third kappa shape index (κ3) is 2.84. The van der Waals surface area contributed by atoms with Gasteiger partial charge in [0.05, 0.1) is 11.8 Å². The molecule has 0 aromatic carbocycles. The molecule has 3 unspecified atom stereocenters. The molecule has 3 atom stereocenters. The highest BCUT2D eigenvalue weighted by Crippen LogP contribution is 2.41. The van der Waals surface area contributed by atoms with Crippen LogP contribution in [0.4, 0.5) is 13.2 Å². The van der Waals surface area contributed by atoms with Crippen molar-refractivity contribution < 1.29 is 23.1 Å². The Balaban J connectivity index is 2.76. The zero-order valence-corrected chi connectivity index (χ0v) is 8.34. The van der Waals surface area contributed by atoms with E-state index >= 15 is 0 Å². The molecule has 0 aliphatic heterocycles. The van der Waals surface area contributed by atoms with E-state index in [4.69, 9.17) is 5.11 Å². The Morgan fingerprint density at radius 2 is 2.00 bits per heavy atom. The molecule has 0 saturated heterocycles. The summed E-state index contributed by atoms with van der Waals surface area (Å²) in [5.41, 5.74) is 0. The SMILES string of the molecule is CNC1CCC(C(F)(F)F)C(C(=O)O)C1. The fourth-order valence-corrected chi connectivity index (χ4v) is 2.10. The third-order valence-corrected chi connectivity index (χ3v) is 3.00. The number of hydrogen-bond donors (Lipinski definition) is 2. The third-order valence-electron chi connectivity index (χ3n) is 3.00. The number of hydrogen-bond acceptors (Lipinski definition) is 2. The summed E-state index contributed by atoms with van der Waals surface area (Å²) in [7, 11) is 1.64. The first kappa shape index (κ1) is 12.3. The average molecular weight is 225 g/mol. The molecule has 0 radical (unpaired) electrons. The van der Waals surface area contributed by atoms with Gasteiger partial charge in [-0.2, -0.15) is 13.2 Å². The molecule has 1 aliphatic rings. The van der Waals surface area contributed by atoms with Gasteiger partial charge in [0.25, 0.3) is 0 Å². The zero-order valence-electron chi connectivity index (χ0n) is 8.34. The molecule has 0 aromatic rings. The van der Waals surface area contributed by atoms with E-state index in [9.17, 15) is 18.0 Å². The highest BCUT2D eigenvalue weighted by Gasteiger charge is 2.49. The number of rotatable bonds is 2. The largest absolute Gasteiger partial charge is 0.481 e. The van der Waals surface area contributed by atoms with E-state index in [-0.39, 0.29) is 18.9 Å². The Morgan fingerprint density at radius 1 is 1.40 bits per heavy atom. The summed E-state index contributed by atoms with van der Waals surface area (Å²) in [6, 6.07) is -0.121. The Kier molecular flexibility index (Phi) is 3.59. The van der Waals surface area contributed by atoms with Crippen LogP contribution in [0.15, 0.2) is 0 Å². The van der Waals surface area contributed by atoms with Gasteiger partial charge in [-0.3, -0.25) is 4.79 Å². The van der Waals surface area contributed by atoms with Crippen molar-refractivity contribution in [2.45, 2.75) is 31.5 Å². The zero-order chi connectivity index (χ0) is 11.6. The summed E-state index contributed by atoms with van der Waals surface area (Å²) in [6.07, 6.45) is -4.08. The molecule has 3 nitrogen and oxygen atoms in total. The average Bonchev–Trinajstić information content (AvgIpc) is 2.15. The van der Waals surface area contributed by atoms with Crippen molar-refractivity contribution in [1.29, 1.82) is 0 Å². The molecule has 6 heteroatoms. The summed E-state index contributed by atoms with van der Waals surface area (Å²) in [4.78, 5) is 10.7.